The predicted octanol–water partition coefficient (Wildman–Crippen LogP) is 3.03. The molecule has 19 heavy (non-hydrogen) atoms. The molecule has 1 aliphatic rings. The number of fused-ring (bicyclic) bond motifs is 1. The molecule has 0 spiro atoms. The summed E-state index contributed by atoms with van der Waals surface area (Å²) in [5.41, 5.74) is 4.39. The zero-order valence-electron chi connectivity index (χ0n) is 11.1. The van der Waals surface area contributed by atoms with Crippen molar-refractivity contribution < 1.29 is 0 Å². The lowest BCUT2D eigenvalue weighted by molar-refractivity contribution is 1.03. The van der Waals surface area contributed by atoms with Gasteiger partial charge in [-0.25, -0.2) is 9.97 Å². The van der Waals surface area contributed by atoms with Crippen LogP contribution < -0.4 is 5.32 Å². The molecule has 3 heterocycles. The van der Waals surface area contributed by atoms with E-state index in [0.717, 1.165) is 46.6 Å². The molecular formula is C14H16N4S. The topological polar surface area (TPSA) is 50.7 Å². The first-order chi connectivity index (χ1) is 9.29. The molecule has 1 N–H and O–H groups in total. The van der Waals surface area contributed by atoms with E-state index in [1.807, 2.05) is 30.8 Å². The van der Waals surface area contributed by atoms with Crippen LogP contribution in [0.15, 0.2) is 18.3 Å². The van der Waals surface area contributed by atoms with Crippen LogP contribution in [-0.4, -0.2) is 21.5 Å². The fourth-order valence-corrected chi connectivity index (χ4v) is 3.23. The van der Waals surface area contributed by atoms with E-state index >= 15 is 0 Å². The van der Waals surface area contributed by atoms with E-state index in [4.69, 9.17) is 4.98 Å². The highest BCUT2D eigenvalue weighted by Crippen LogP contribution is 2.34. The van der Waals surface area contributed by atoms with Gasteiger partial charge in [-0.2, -0.15) is 11.8 Å². The van der Waals surface area contributed by atoms with Gasteiger partial charge in [0.05, 0.1) is 5.69 Å². The fourth-order valence-electron chi connectivity index (χ4n) is 2.19. The Kier molecular flexibility index (Phi) is 3.38. The zero-order chi connectivity index (χ0) is 13.2. The Morgan fingerprint density at radius 2 is 2.21 bits per heavy atom. The molecule has 98 valence electrons. The van der Waals surface area contributed by atoms with E-state index in [1.54, 1.807) is 6.20 Å². The monoisotopic (exact) mass is 272 g/mol. The molecule has 3 rings (SSSR count). The van der Waals surface area contributed by atoms with Crippen LogP contribution in [0.4, 0.5) is 5.82 Å². The molecule has 4 nitrogen and oxygen atoms in total. The van der Waals surface area contributed by atoms with Crippen molar-refractivity contribution in [3.05, 3.63) is 35.2 Å². The summed E-state index contributed by atoms with van der Waals surface area (Å²) in [5, 5.41) is 3.35. The summed E-state index contributed by atoms with van der Waals surface area (Å²) in [6.45, 7) is 5.00. The molecule has 0 aliphatic carbocycles. The number of aromatic nitrogens is 3. The number of aryl methyl sites for hydroxylation is 1. The molecular weight excluding hydrogens is 256 g/mol. The minimum absolute atomic E-state index is 0.732. The fraction of sp³-hybridized carbons (Fsp3) is 0.357. The number of rotatable bonds is 3. The van der Waals surface area contributed by atoms with E-state index in [2.05, 4.69) is 22.2 Å². The lowest BCUT2D eigenvalue weighted by Crippen LogP contribution is -2.07. The maximum atomic E-state index is 4.69. The van der Waals surface area contributed by atoms with Crippen molar-refractivity contribution in [2.75, 3.05) is 11.9 Å². The van der Waals surface area contributed by atoms with Crippen LogP contribution >= 0.6 is 11.8 Å². The van der Waals surface area contributed by atoms with Gasteiger partial charge in [-0.3, -0.25) is 4.98 Å². The summed E-state index contributed by atoms with van der Waals surface area (Å²) in [6.07, 6.45) is 1.79. The Hall–Kier alpha value is -1.62. The Balaban J connectivity index is 2.13. The van der Waals surface area contributed by atoms with Crippen molar-refractivity contribution >= 4 is 17.6 Å². The van der Waals surface area contributed by atoms with Crippen molar-refractivity contribution in [2.45, 2.75) is 25.4 Å². The minimum Gasteiger partial charge on any atom is -0.370 e. The van der Waals surface area contributed by atoms with Crippen molar-refractivity contribution in [1.82, 2.24) is 15.0 Å². The quantitative estimate of drug-likeness (QED) is 0.930. The molecule has 0 atom stereocenters. The highest BCUT2D eigenvalue weighted by Gasteiger charge is 2.20. The van der Waals surface area contributed by atoms with E-state index in [0.29, 0.717) is 0 Å². The molecule has 0 bridgehead atoms. The number of hydrogen-bond donors (Lipinski definition) is 1. The third-order valence-corrected chi connectivity index (χ3v) is 4.11. The van der Waals surface area contributed by atoms with Gasteiger partial charge in [0.15, 0.2) is 5.82 Å². The largest absolute Gasteiger partial charge is 0.370 e. The third kappa shape index (κ3) is 2.30. The van der Waals surface area contributed by atoms with E-state index in [-0.39, 0.29) is 0 Å². The summed E-state index contributed by atoms with van der Waals surface area (Å²) in [5.74, 6) is 3.67. The highest BCUT2D eigenvalue weighted by molar-refractivity contribution is 7.98. The maximum absolute atomic E-state index is 4.69. The Labute approximate surface area is 117 Å². The average molecular weight is 272 g/mol. The van der Waals surface area contributed by atoms with Gasteiger partial charge in [-0.05, 0) is 25.5 Å². The molecule has 0 saturated heterocycles. The first kappa shape index (κ1) is 12.4. The molecule has 0 saturated carbocycles. The maximum Gasteiger partial charge on any atom is 0.180 e. The standard InChI is InChI=1S/C14H16N4S/c1-3-15-13-10-7-19-8-11(10)17-14(18-13)12-9(2)5-4-6-16-12/h4-6H,3,7-8H2,1-2H3,(H,15,17,18). The molecule has 0 radical (unpaired) electrons. The minimum atomic E-state index is 0.732. The van der Waals surface area contributed by atoms with Gasteiger partial charge in [0.2, 0.25) is 0 Å². The van der Waals surface area contributed by atoms with Crippen molar-refractivity contribution in [3.8, 4) is 11.5 Å². The van der Waals surface area contributed by atoms with Gasteiger partial charge >= 0.3 is 0 Å². The first-order valence-electron chi connectivity index (χ1n) is 6.43. The summed E-state index contributed by atoms with van der Waals surface area (Å²) in [7, 11) is 0. The summed E-state index contributed by atoms with van der Waals surface area (Å²) >= 11 is 1.89. The lowest BCUT2D eigenvalue weighted by atomic mass is 10.2. The van der Waals surface area contributed by atoms with Crippen LogP contribution in [-0.2, 0) is 11.5 Å². The van der Waals surface area contributed by atoms with Gasteiger partial charge < -0.3 is 5.32 Å². The second-order valence-electron chi connectivity index (χ2n) is 4.51. The van der Waals surface area contributed by atoms with Crippen LogP contribution in [0.3, 0.4) is 0 Å². The van der Waals surface area contributed by atoms with Crippen LogP contribution in [0.25, 0.3) is 11.5 Å². The van der Waals surface area contributed by atoms with Gasteiger partial charge in [-0.1, -0.05) is 6.07 Å². The number of nitrogens with zero attached hydrogens (tertiary/aromatic N) is 3. The smallest absolute Gasteiger partial charge is 0.180 e. The SMILES string of the molecule is CCNc1nc(-c2ncccc2C)nc2c1CSC2. The number of anilines is 1. The molecule has 5 heteroatoms. The molecule has 0 unspecified atom stereocenters. The average Bonchev–Trinajstić information content (AvgIpc) is 2.88. The molecule has 2 aromatic rings. The van der Waals surface area contributed by atoms with Crippen molar-refractivity contribution in [3.63, 3.8) is 0 Å². The van der Waals surface area contributed by atoms with Crippen molar-refractivity contribution in [1.29, 1.82) is 0 Å². The van der Waals surface area contributed by atoms with E-state index in [1.165, 1.54) is 5.56 Å². The van der Waals surface area contributed by atoms with Crippen LogP contribution in [0.5, 0.6) is 0 Å². The molecule has 2 aromatic heterocycles. The molecule has 0 aromatic carbocycles. The molecule has 0 fully saturated rings. The Morgan fingerprint density at radius 1 is 1.32 bits per heavy atom. The Morgan fingerprint density at radius 3 is 3.00 bits per heavy atom. The van der Waals surface area contributed by atoms with E-state index in [9.17, 15) is 0 Å². The van der Waals surface area contributed by atoms with Crippen molar-refractivity contribution in [2.24, 2.45) is 0 Å². The summed E-state index contributed by atoms with van der Waals surface area (Å²) in [6, 6.07) is 3.98. The normalized spacial score (nSPS) is 13.4. The number of pyridine rings is 1. The van der Waals surface area contributed by atoms with Gasteiger partial charge in [0, 0.05) is 29.8 Å². The van der Waals surface area contributed by atoms with Crippen LogP contribution in [0.2, 0.25) is 0 Å². The predicted molar refractivity (Wildman–Crippen MR) is 79.2 cm³/mol. The third-order valence-electron chi connectivity index (χ3n) is 3.14. The number of nitrogens with one attached hydrogen (secondary N) is 1. The summed E-state index contributed by atoms with van der Waals surface area (Å²) in [4.78, 5) is 13.8. The van der Waals surface area contributed by atoms with Gasteiger partial charge in [-0.15, -0.1) is 0 Å². The molecule has 1 aliphatic heterocycles. The van der Waals surface area contributed by atoms with E-state index < -0.39 is 0 Å². The number of hydrogen-bond acceptors (Lipinski definition) is 5. The number of thioether (sulfide) groups is 1. The van der Waals surface area contributed by atoms with Crippen LogP contribution in [0, 0.1) is 6.92 Å². The molecule has 0 amide bonds. The van der Waals surface area contributed by atoms with Gasteiger partial charge in [0.1, 0.15) is 11.5 Å². The second-order valence-corrected chi connectivity index (χ2v) is 5.50. The zero-order valence-corrected chi connectivity index (χ0v) is 11.9. The Bertz CT molecular complexity index is 612. The lowest BCUT2D eigenvalue weighted by Gasteiger charge is -2.11. The van der Waals surface area contributed by atoms with Gasteiger partial charge in [0.25, 0.3) is 0 Å². The second kappa shape index (κ2) is 5.17. The highest BCUT2D eigenvalue weighted by atomic mass is 32.2. The summed E-state index contributed by atoms with van der Waals surface area (Å²) < 4.78 is 0. The van der Waals surface area contributed by atoms with Crippen LogP contribution in [0.1, 0.15) is 23.7 Å². The first-order valence-corrected chi connectivity index (χ1v) is 7.58.